The van der Waals surface area contributed by atoms with E-state index in [1.165, 1.54) is 11.8 Å². The number of nitrogens with two attached hydrogens (primary N) is 3. The third-order valence-corrected chi connectivity index (χ3v) is 13.8. The van der Waals surface area contributed by atoms with Crippen LogP contribution in [0.2, 0.25) is 0 Å². The van der Waals surface area contributed by atoms with Gasteiger partial charge in [0.25, 0.3) is 0 Å². The maximum absolute atomic E-state index is 14.4. The monoisotopic (exact) mass is 1180 g/mol. The molecule has 0 radical (unpaired) electrons. The molecule has 0 saturated carbocycles. The van der Waals surface area contributed by atoms with Crippen molar-refractivity contribution in [1.29, 1.82) is 0 Å². The molecule has 28 nitrogen and oxygen atoms in total. The van der Waals surface area contributed by atoms with Gasteiger partial charge in [-0.25, -0.2) is 4.79 Å². The zero-order valence-corrected chi connectivity index (χ0v) is 47.5. The van der Waals surface area contributed by atoms with Crippen molar-refractivity contribution in [2.75, 3.05) is 18.6 Å². The van der Waals surface area contributed by atoms with Crippen LogP contribution < -0.4 is 59.7 Å². The lowest BCUT2D eigenvalue weighted by atomic mass is 10.0. The van der Waals surface area contributed by atoms with Crippen molar-refractivity contribution >= 4 is 93.7 Å². The van der Waals surface area contributed by atoms with E-state index >= 15 is 0 Å². The molecule has 2 aromatic carbocycles. The smallest absolute Gasteiger partial charge is 0.326 e. The molecule has 0 aliphatic rings. The number of primary amides is 1. The number of aromatic amines is 1. The van der Waals surface area contributed by atoms with E-state index in [1.807, 2.05) is 0 Å². The predicted molar refractivity (Wildman–Crippen MR) is 303 cm³/mol. The Morgan fingerprint density at radius 2 is 1.02 bits per heavy atom. The Morgan fingerprint density at radius 3 is 1.53 bits per heavy atom. The number of hydrogen-bond donors (Lipinski definition) is 16. The number of aliphatic hydroxyl groups is 1. The van der Waals surface area contributed by atoms with Gasteiger partial charge in [-0.3, -0.25) is 52.7 Å². The number of rotatable bonds is 38. The highest BCUT2D eigenvalue weighted by Crippen LogP contribution is 2.20. The van der Waals surface area contributed by atoms with Gasteiger partial charge in [-0.1, -0.05) is 62.4 Å². The fourth-order valence-corrected chi connectivity index (χ4v) is 8.85. The van der Waals surface area contributed by atoms with Gasteiger partial charge in [0, 0.05) is 42.8 Å². The fraction of sp³-hybridized carbons (Fsp3) is 0.519. The van der Waals surface area contributed by atoms with E-state index < -0.39 is 170 Å². The normalized spacial score (nSPS) is 14.8. The third kappa shape index (κ3) is 23.7. The number of carbonyl (C=O) groups excluding carboxylic acids is 9. The molecular formula is C54H78N12O16S. The highest BCUT2D eigenvalue weighted by molar-refractivity contribution is 7.98. The number of fused-ring (bicyclic) bond motifs is 1. The average Bonchev–Trinajstić information content (AvgIpc) is 4.00. The van der Waals surface area contributed by atoms with Crippen LogP contribution in [0.15, 0.2) is 60.8 Å². The highest BCUT2D eigenvalue weighted by atomic mass is 32.2. The minimum absolute atomic E-state index is 0.0344. The van der Waals surface area contributed by atoms with Crippen LogP contribution in [-0.4, -0.2) is 176 Å². The van der Waals surface area contributed by atoms with E-state index in [1.54, 1.807) is 80.9 Å². The number of hydrogen-bond acceptors (Lipinski definition) is 16. The van der Waals surface area contributed by atoms with E-state index in [0.717, 1.165) is 6.92 Å². The Kier molecular flexibility index (Phi) is 29.1. The number of nitrogens with one attached hydrogen (secondary N) is 9. The highest BCUT2D eigenvalue weighted by Gasteiger charge is 2.37. The third-order valence-electron chi connectivity index (χ3n) is 13.1. The van der Waals surface area contributed by atoms with Crippen LogP contribution in [0.1, 0.15) is 89.7 Å². The first-order chi connectivity index (χ1) is 39.3. The van der Waals surface area contributed by atoms with Crippen molar-refractivity contribution in [3.63, 3.8) is 0 Å². The first-order valence-corrected chi connectivity index (χ1v) is 28.2. The number of carbonyl (C=O) groups is 12. The SMILES string of the molecule is CSCC[C@H](NC(=O)[C@H](CC(N)=O)NC(=O)[C@H](Cc1ccccc1)NC(=O)[C@H](CCC(=O)O)NC(=O)[C@H](CCC(=O)O)NC(=O)[C@@H](NC(=O)[C@@H](N)C(C)C)[C@@H](C)O)C(=O)N[C@@H](Cc1c[nH]c2ccccc12)C(=O)N[C@@H](CCCCN)C(=O)O. The number of carboxylic acids is 3. The second-order valence-electron chi connectivity index (χ2n) is 20.1. The summed E-state index contributed by atoms with van der Waals surface area (Å²) in [6.07, 6.45) is -1.49. The zero-order valence-electron chi connectivity index (χ0n) is 46.6. The van der Waals surface area contributed by atoms with Gasteiger partial charge in [-0.2, -0.15) is 11.8 Å². The minimum Gasteiger partial charge on any atom is -0.481 e. The summed E-state index contributed by atoms with van der Waals surface area (Å²) in [7, 11) is 0. The second kappa shape index (κ2) is 35.0. The molecule has 83 heavy (non-hydrogen) atoms. The summed E-state index contributed by atoms with van der Waals surface area (Å²) in [4.78, 5) is 163. The standard InChI is InChI=1S/C54H78N12O16S/c1-28(2)44(57)52(79)66-45(29(3)67)53(80)61-35(18-20-43(71)72)46(73)59-34(17-19-42(69)70)47(74)63-38(24-30-12-6-5-7-13-30)49(76)65-40(26-41(56)68)51(78)60-36(21-23-83-4)48(75)64-39(25-31-27-58-33-15-9-8-14-32(31)33)50(77)62-37(54(81)82)16-10-11-22-55/h5-9,12-15,27-29,34-40,44-45,58,67H,10-11,16-26,55,57H2,1-4H3,(H2,56,68)(H,59,73)(H,60,78)(H,61,80)(H,62,77)(H,63,74)(H,64,75)(H,65,76)(H,66,79)(H,69,70)(H,71,72)(H,81,82)/t29-,34+,35+,36+,37+,38+,39+,40+,44+,45+/m1/s1. The quantitative estimate of drug-likeness (QED) is 0.0270. The van der Waals surface area contributed by atoms with Crippen molar-refractivity contribution in [2.24, 2.45) is 23.1 Å². The van der Waals surface area contributed by atoms with Gasteiger partial charge in [0.05, 0.1) is 18.6 Å². The fourth-order valence-electron chi connectivity index (χ4n) is 8.38. The van der Waals surface area contributed by atoms with Crippen molar-refractivity contribution in [1.82, 2.24) is 47.5 Å². The molecule has 0 fully saturated rings. The van der Waals surface area contributed by atoms with Crippen LogP contribution >= 0.6 is 11.8 Å². The van der Waals surface area contributed by atoms with E-state index in [0.29, 0.717) is 34.9 Å². The van der Waals surface area contributed by atoms with Gasteiger partial charge in [0.2, 0.25) is 53.2 Å². The molecule has 29 heteroatoms. The number of aromatic nitrogens is 1. The first kappa shape index (κ1) is 69.1. The number of thioether (sulfide) groups is 1. The molecule has 3 aromatic rings. The maximum Gasteiger partial charge on any atom is 0.326 e. The lowest BCUT2D eigenvalue weighted by molar-refractivity contribution is -0.142. The van der Waals surface area contributed by atoms with E-state index in [2.05, 4.69) is 47.5 Å². The number of aliphatic carboxylic acids is 3. The summed E-state index contributed by atoms with van der Waals surface area (Å²) in [5, 5.41) is 59.7. The number of unbranched alkanes of at least 4 members (excludes halogenated alkanes) is 1. The summed E-state index contributed by atoms with van der Waals surface area (Å²) >= 11 is 1.29. The lowest BCUT2D eigenvalue weighted by Gasteiger charge is -2.28. The molecule has 0 spiro atoms. The van der Waals surface area contributed by atoms with Crippen LogP contribution in [0.5, 0.6) is 0 Å². The predicted octanol–water partition coefficient (Wildman–Crippen LogP) is -2.23. The summed E-state index contributed by atoms with van der Waals surface area (Å²) in [5.41, 5.74) is 18.8. The van der Waals surface area contributed by atoms with Gasteiger partial charge in [0.15, 0.2) is 0 Å². The molecule has 19 N–H and O–H groups in total. The number of H-pyrrole nitrogens is 1. The van der Waals surface area contributed by atoms with Crippen LogP contribution in [0.3, 0.4) is 0 Å². The molecule has 10 atom stereocenters. The summed E-state index contributed by atoms with van der Waals surface area (Å²) in [6, 6.07) is 0.958. The summed E-state index contributed by atoms with van der Waals surface area (Å²) in [6.45, 7) is 4.69. The lowest BCUT2D eigenvalue weighted by Crippen LogP contribution is -2.61. The zero-order chi connectivity index (χ0) is 61.9. The molecule has 0 bridgehead atoms. The van der Waals surface area contributed by atoms with Gasteiger partial charge in [-0.05, 0) is 87.1 Å². The molecule has 0 unspecified atom stereocenters. The van der Waals surface area contributed by atoms with Crippen molar-refractivity contribution in [2.45, 2.75) is 152 Å². The molecule has 3 rings (SSSR count). The first-order valence-electron chi connectivity index (χ1n) is 26.9. The molecule has 9 amide bonds. The largest absolute Gasteiger partial charge is 0.481 e. The number of aliphatic hydroxyl groups excluding tert-OH is 1. The van der Waals surface area contributed by atoms with E-state index in [-0.39, 0.29) is 38.0 Å². The Morgan fingerprint density at radius 1 is 0.554 bits per heavy atom. The molecule has 0 saturated heterocycles. The van der Waals surface area contributed by atoms with Crippen LogP contribution in [0, 0.1) is 5.92 Å². The number of carboxylic acid groups (broad SMARTS) is 3. The topological polar surface area (TPSA) is 476 Å². The Balaban J connectivity index is 1.98. The molecule has 0 aliphatic carbocycles. The molecule has 1 heterocycles. The minimum atomic E-state index is -1.84. The summed E-state index contributed by atoms with van der Waals surface area (Å²) in [5.74, 6) is -13.8. The van der Waals surface area contributed by atoms with E-state index in [4.69, 9.17) is 17.2 Å². The van der Waals surface area contributed by atoms with Crippen molar-refractivity contribution in [3.8, 4) is 0 Å². The van der Waals surface area contributed by atoms with E-state index in [9.17, 15) is 78.0 Å². The van der Waals surface area contributed by atoms with Gasteiger partial charge < -0.3 is 85.1 Å². The van der Waals surface area contributed by atoms with Crippen LogP contribution in [0.25, 0.3) is 10.9 Å². The number of amides is 9. The number of para-hydroxylation sites is 1. The Labute approximate surface area is 483 Å². The molecule has 1 aromatic heterocycles. The average molecular weight is 1180 g/mol. The Hall–Kier alpha value is -8.15. The van der Waals surface area contributed by atoms with Crippen molar-refractivity contribution in [3.05, 3.63) is 71.9 Å². The maximum atomic E-state index is 14.4. The van der Waals surface area contributed by atoms with Gasteiger partial charge >= 0.3 is 17.9 Å². The van der Waals surface area contributed by atoms with Gasteiger partial charge in [0.1, 0.15) is 48.3 Å². The molecule has 0 aliphatic heterocycles. The van der Waals surface area contributed by atoms with Crippen LogP contribution in [-0.2, 0) is 70.4 Å². The van der Waals surface area contributed by atoms with Crippen LogP contribution in [0.4, 0.5) is 0 Å². The Bertz CT molecular complexity index is 2730. The second-order valence-corrected chi connectivity index (χ2v) is 21.1. The molecule has 456 valence electrons. The van der Waals surface area contributed by atoms with Gasteiger partial charge in [-0.15, -0.1) is 0 Å². The van der Waals surface area contributed by atoms with Crippen molar-refractivity contribution < 1.29 is 78.0 Å². The molecular weight excluding hydrogens is 1100 g/mol. The summed E-state index contributed by atoms with van der Waals surface area (Å²) < 4.78 is 0. The number of benzene rings is 2.